The monoisotopic (exact) mass is 317 g/mol. The van der Waals surface area contributed by atoms with E-state index >= 15 is 0 Å². The Kier molecular flexibility index (Phi) is 4.31. The van der Waals surface area contributed by atoms with Crippen LogP contribution < -0.4 is 5.32 Å². The first-order valence-electron chi connectivity index (χ1n) is 6.57. The van der Waals surface area contributed by atoms with Gasteiger partial charge in [0.15, 0.2) is 0 Å². The Morgan fingerprint density at radius 2 is 1.47 bits per heavy atom. The van der Waals surface area contributed by atoms with Gasteiger partial charge in [0.05, 0.1) is 0 Å². The number of anilines is 1. The molecule has 1 atom stereocenters. The minimum absolute atomic E-state index is 0.306. The van der Waals surface area contributed by atoms with Gasteiger partial charge >= 0.3 is 0 Å². The van der Waals surface area contributed by atoms with Crippen LogP contribution in [0, 0.1) is 20.8 Å². The molecule has 19 heavy (non-hydrogen) atoms. The highest BCUT2D eigenvalue weighted by atomic mass is 79.9. The number of aryl methyl sites for hydroxylation is 3. The minimum atomic E-state index is 0.306. The lowest BCUT2D eigenvalue weighted by Gasteiger charge is -2.17. The molecule has 0 heterocycles. The molecular weight excluding hydrogens is 298 g/mol. The van der Waals surface area contributed by atoms with E-state index < -0.39 is 0 Å². The summed E-state index contributed by atoms with van der Waals surface area (Å²) in [4.78, 5) is 0. The van der Waals surface area contributed by atoms with Crippen LogP contribution in [-0.2, 0) is 0 Å². The van der Waals surface area contributed by atoms with E-state index in [4.69, 9.17) is 0 Å². The van der Waals surface area contributed by atoms with Crippen molar-refractivity contribution in [3.05, 3.63) is 63.1 Å². The van der Waals surface area contributed by atoms with Gasteiger partial charge in [-0.2, -0.15) is 0 Å². The van der Waals surface area contributed by atoms with Crippen LogP contribution in [0.2, 0.25) is 0 Å². The maximum atomic E-state index is 3.60. The average Bonchev–Trinajstić information content (AvgIpc) is 2.36. The summed E-state index contributed by atoms with van der Waals surface area (Å²) in [6.07, 6.45) is 0. The molecule has 0 aliphatic rings. The van der Waals surface area contributed by atoms with Gasteiger partial charge < -0.3 is 5.32 Å². The number of nitrogens with one attached hydrogen (secondary N) is 1. The fraction of sp³-hybridized carbons (Fsp3) is 0.294. The van der Waals surface area contributed by atoms with Crippen molar-refractivity contribution in [3.8, 4) is 0 Å². The van der Waals surface area contributed by atoms with E-state index in [0.29, 0.717) is 6.04 Å². The van der Waals surface area contributed by atoms with Crippen molar-refractivity contribution in [2.45, 2.75) is 33.7 Å². The normalized spacial score (nSPS) is 12.3. The van der Waals surface area contributed by atoms with Gasteiger partial charge in [-0.05, 0) is 56.5 Å². The number of benzene rings is 2. The van der Waals surface area contributed by atoms with E-state index in [1.807, 2.05) is 0 Å². The standard InChI is InChI=1S/C17H20BrN/c1-11-5-7-15(8-6-11)14(4)19-16-9-12(2)17(18)13(3)10-16/h5-10,14,19H,1-4H3. The Balaban J connectivity index is 2.19. The lowest BCUT2D eigenvalue weighted by molar-refractivity contribution is 0.883. The summed E-state index contributed by atoms with van der Waals surface area (Å²) in [5.74, 6) is 0. The smallest absolute Gasteiger partial charge is 0.0485 e. The molecule has 2 aromatic carbocycles. The second kappa shape index (κ2) is 5.79. The molecule has 0 spiro atoms. The summed E-state index contributed by atoms with van der Waals surface area (Å²) in [6.45, 7) is 8.55. The predicted molar refractivity (Wildman–Crippen MR) is 86.8 cm³/mol. The zero-order valence-corrected chi connectivity index (χ0v) is 13.5. The van der Waals surface area contributed by atoms with E-state index in [1.54, 1.807) is 0 Å². The number of rotatable bonds is 3. The number of hydrogen-bond donors (Lipinski definition) is 1. The summed E-state index contributed by atoms with van der Waals surface area (Å²) >= 11 is 3.60. The maximum absolute atomic E-state index is 3.60. The Morgan fingerprint density at radius 1 is 0.947 bits per heavy atom. The minimum Gasteiger partial charge on any atom is -0.379 e. The molecule has 100 valence electrons. The largest absolute Gasteiger partial charge is 0.379 e. The van der Waals surface area contributed by atoms with E-state index in [1.165, 1.54) is 32.4 Å². The highest BCUT2D eigenvalue weighted by Gasteiger charge is 2.07. The molecule has 0 aliphatic heterocycles. The van der Waals surface area contributed by atoms with Gasteiger partial charge in [0, 0.05) is 16.2 Å². The van der Waals surface area contributed by atoms with E-state index in [-0.39, 0.29) is 0 Å². The van der Waals surface area contributed by atoms with Crippen molar-refractivity contribution in [3.63, 3.8) is 0 Å². The van der Waals surface area contributed by atoms with E-state index in [2.05, 4.69) is 85.3 Å². The predicted octanol–water partition coefficient (Wildman–Crippen LogP) is 5.55. The van der Waals surface area contributed by atoms with Crippen LogP contribution in [0.15, 0.2) is 40.9 Å². The molecule has 2 aromatic rings. The van der Waals surface area contributed by atoms with Crippen LogP contribution in [0.5, 0.6) is 0 Å². The molecule has 1 nitrogen and oxygen atoms in total. The third-order valence-electron chi connectivity index (χ3n) is 3.40. The Hall–Kier alpha value is -1.28. The Labute approximate surface area is 124 Å². The van der Waals surface area contributed by atoms with Crippen LogP contribution in [-0.4, -0.2) is 0 Å². The maximum Gasteiger partial charge on any atom is 0.0485 e. The summed E-state index contributed by atoms with van der Waals surface area (Å²) in [7, 11) is 0. The Morgan fingerprint density at radius 3 is 2.00 bits per heavy atom. The van der Waals surface area contributed by atoms with Crippen LogP contribution in [0.25, 0.3) is 0 Å². The molecule has 1 N–H and O–H groups in total. The van der Waals surface area contributed by atoms with Crippen LogP contribution in [0.3, 0.4) is 0 Å². The topological polar surface area (TPSA) is 12.0 Å². The summed E-state index contributed by atoms with van der Waals surface area (Å²) < 4.78 is 1.20. The van der Waals surface area contributed by atoms with Crippen LogP contribution >= 0.6 is 15.9 Å². The number of halogens is 1. The van der Waals surface area contributed by atoms with Gasteiger partial charge in [0.25, 0.3) is 0 Å². The van der Waals surface area contributed by atoms with Crippen molar-refractivity contribution in [1.29, 1.82) is 0 Å². The van der Waals surface area contributed by atoms with Crippen LogP contribution in [0.4, 0.5) is 5.69 Å². The van der Waals surface area contributed by atoms with E-state index in [9.17, 15) is 0 Å². The zero-order chi connectivity index (χ0) is 14.0. The van der Waals surface area contributed by atoms with Crippen molar-refractivity contribution in [2.24, 2.45) is 0 Å². The molecule has 0 radical (unpaired) electrons. The van der Waals surface area contributed by atoms with Gasteiger partial charge in [-0.25, -0.2) is 0 Å². The Bertz CT molecular complexity index is 549. The highest BCUT2D eigenvalue weighted by Crippen LogP contribution is 2.27. The molecule has 0 saturated heterocycles. The molecule has 0 bridgehead atoms. The third-order valence-corrected chi connectivity index (χ3v) is 4.65. The van der Waals surface area contributed by atoms with Crippen molar-refractivity contribution >= 4 is 21.6 Å². The zero-order valence-electron chi connectivity index (χ0n) is 11.9. The van der Waals surface area contributed by atoms with Gasteiger partial charge in [0.1, 0.15) is 0 Å². The lowest BCUT2D eigenvalue weighted by atomic mass is 10.1. The van der Waals surface area contributed by atoms with Gasteiger partial charge in [-0.15, -0.1) is 0 Å². The van der Waals surface area contributed by atoms with Crippen molar-refractivity contribution < 1.29 is 0 Å². The SMILES string of the molecule is Cc1ccc(C(C)Nc2cc(C)c(Br)c(C)c2)cc1. The molecule has 0 fully saturated rings. The van der Waals surface area contributed by atoms with Crippen molar-refractivity contribution in [2.75, 3.05) is 5.32 Å². The molecule has 0 amide bonds. The molecule has 2 heteroatoms. The van der Waals surface area contributed by atoms with Gasteiger partial charge in [0.2, 0.25) is 0 Å². The molecule has 1 unspecified atom stereocenters. The first-order chi connectivity index (χ1) is 8.97. The fourth-order valence-corrected chi connectivity index (χ4v) is 2.45. The van der Waals surface area contributed by atoms with Crippen molar-refractivity contribution in [1.82, 2.24) is 0 Å². The summed E-state index contributed by atoms with van der Waals surface area (Å²) in [6, 6.07) is 13.4. The second-order valence-corrected chi connectivity index (χ2v) is 5.99. The van der Waals surface area contributed by atoms with Gasteiger partial charge in [-0.1, -0.05) is 45.8 Å². The summed E-state index contributed by atoms with van der Waals surface area (Å²) in [5, 5.41) is 3.57. The second-order valence-electron chi connectivity index (χ2n) is 5.20. The third kappa shape index (κ3) is 3.38. The molecule has 0 aromatic heterocycles. The summed E-state index contributed by atoms with van der Waals surface area (Å²) in [5.41, 5.74) is 6.30. The average molecular weight is 318 g/mol. The highest BCUT2D eigenvalue weighted by molar-refractivity contribution is 9.10. The lowest BCUT2D eigenvalue weighted by Crippen LogP contribution is -2.07. The first-order valence-corrected chi connectivity index (χ1v) is 7.36. The van der Waals surface area contributed by atoms with Gasteiger partial charge in [-0.3, -0.25) is 0 Å². The van der Waals surface area contributed by atoms with E-state index in [0.717, 1.165) is 0 Å². The molecule has 0 aliphatic carbocycles. The molecular formula is C17H20BrN. The number of hydrogen-bond acceptors (Lipinski definition) is 1. The quantitative estimate of drug-likeness (QED) is 0.782. The molecule has 0 saturated carbocycles. The van der Waals surface area contributed by atoms with Crippen LogP contribution in [0.1, 0.15) is 35.2 Å². The first kappa shape index (κ1) is 14.1. The fourth-order valence-electron chi connectivity index (χ4n) is 2.22. The molecule has 2 rings (SSSR count).